The topological polar surface area (TPSA) is 46.6 Å². The van der Waals surface area contributed by atoms with Gasteiger partial charge in [-0.05, 0) is 30.1 Å². The SMILES string of the molecule is CN(Cc1cccs1)c1nc2ccccn2c1CCN. The van der Waals surface area contributed by atoms with Crippen LogP contribution in [0.25, 0.3) is 5.65 Å². The highest BCUT2D eigenvalue weighted by molar-refractivity contribution is 7.09. The number of fused-ring (bicyclic) bond motifs is 1. The zero-order valence-electron chi connectivity index (χ0n) is 11.5. The second kappa shape index (κ2) is 5.64. The van der Waals surface area contributed by atoms with Crippen molar-refractivity contribution in [2.75, 3.05) is 18.5 Å². The molecule has 20 heavy (non-hydrogen) atoms. The van der Waals surface area contributed by atoms with E-state index >= 15 is 0 Å². The zero-order valence-corrected chi connectivity index (χ0v) is 12.3. The summed E-state index contributed by atoms with van der Waals surface area (Å²) >= 11 is 1.77. The highest BCUT2D eigenvalue weighted by atomic mass is 32.1. The molecular formula is C15H18N4S. The lowest BCUT2D eigenvalue weighted by atomic mass is 10.3. The van der Waals surface area contributed by atoms with E-state index in [0.29, 0.717) is 6.54 Å². The predicted molar refractivity (Wildman–Crippen MR) is 84.4 cm³/mol. The lowest BCUT2D eigenvalue weighted by Gasteiger charge is -2.17. The fraction of sp³-hybridized carbons (Fsp3) is 0.267. The first-order valence-electron chi connectivity index (χ1n) is 6.69. The van der Waals surface area contributed by atoms with E-state index in [4.69, 9.17) is 10.7 Å². The molecule has 0 aliphatic rings. The first-order valence-corrected chi connectivity index (χ1v) is 7.57. The normalized spacial score (nSPS) is 11.1. The van der Waals surface area contributed by atoms with Crippen molar-refractivity contribution < 1.29 is 0 Å². The van der Waals surface area contributed by atoms with Gasteiger partial charge in [0, 0.05) is 24.5 Å². The van der Waals surface area contributed by atoms with Crippen molar-refractivity contribution in [3.8, 4) is 0 Å². The quantitative estimate of drug-likeness (QED) is 0.784. The average molecular weight is 286 g/mol. The molecule has 3 aromatic rings. The standard InChI is InChI=1S/C15H18N4S/c1-18(11-12-5-4-10-20-12)15-13(7-8-16)19-9-3-2-6-14(19)17-15/h2-6,9-10H,7-8,11,16H2,1H3. The van der Waals surface area contributed by atoms with Gasteiger partial charge in [0.15, 0.2) is 5.82 Å². The van der Waals surface area contributed by atoms with Crippen LogP contribution in [-0.2, 0) is 13.0 Å². The van der Waals surface area contributed by atoms with Gasteiger partial charge in [-0.25, -0.2) is 4.98 Å². The lowest BCUT2D eigenvalue weighted by Crippen LogP contribution is -2.19. The van der Waals surface area contributed by atoms with E-state index < -0.39 is 0 Å². The third-order valence-corrected chi connectivity index (χ3v) is 4.18. The Labute approximate surface area is 122 Å². The van der Waals surface area contributed by atoms with Crippen molar-refractivity contribution in [3.63, 3.8) is 0 Å². The second-order valence-corrected chi connectivity index (χ2v) is 5.82. The molecule has 3 aromatic heterocycles. The molecule has 5 heteroatoms. The van der Waals surface area contributed by atoms with Crippen molar-refractivity contribution in [2.45, 2.75) is 13.0 Å². The molecule has 0 saturated heterocycles. The summed E-state index contributed by atoms with van der Waals surface area (Å²) in [5.41, 5.74) is 7.92. The van der Waals surface area contributed by atoms with Crippen molar-refractivity contribution in [1.29, 1.82) is 0 Å². The fourth-order valence-corrected chi connectivity index (χ4v) is 3.18. The van der Waals surface area contributed by atoms with E-state index in [1.807, 2.05) is 18.2 Å². The molecule has 0 aliphatic carbocycles. The highest BCUT2D eigenvalue weighted by Crippen LogP contribution is 2.23. The monoisotopic (exact) mass is 286 g/mol. The number of aromatic nitrogens is 2. The average Bonchev–Trinajstić information content (AvgIpc) is 3.07. The Balaban J connectivity index is 1.98. The van der Waals surface area contributed by atoms with E-state index in [0.717, 1.165) is 24.4 Å². The van der Waals surface area contributed by atoms with Crippen molar-refractivity contribution in [3.05, 3.63) is 52.5 Å². The van der Waals surface area contributed by atoms with Crippen LogP contribution in [0.15, 0.2) is 41.9 Å². The molecule has 0 atom stereocenters. The minimum absolute atomic E-state index is 0.628. The summed E-state index contributed by atoms with van der Waals surface area (Å²) in [5, 5.41) is 2.10. The van der Waals surface area contributed by atoms with Crippen LogP contribution in [0, 0.1) is 0 Å². The molecule has 0 radical (unpaired) electrons. The largest absolute Gasteiger partial charge is 0.353 e. The molecule has 0 amide bonds. The second-order valence-electron chi connectivity index (χ2n) is 4.79. The van der Waals surface area contributed by atoms with E-state index in [2.05, 4.69) is 40.1 Å². The summed E-state index contributed by atoms with van der Waals surface area (Å²) in [5.74, 6) is 1.02. The fourth-order valence-electron chi connectivity index (χ4n) is 2.42. The zero-order chi connectivity index (χ0) is 13.9. The van der Waals surface area contributed by atoms with Crippen LogP contribution in [-0.4, -0.2) is 23.0 Å². The van der Waals surface area contributed by atoms with Crippen LogP contribution in [0.4, 0.5) is 5.82 Å². The van der Waals surface area contributed by atoms with Crippen molar-refractivity contribution in [2.24, 2.45) is 5.73 Å². The van der Waals surface area contributed by atoms with Crippen molar-refractivity contribution in [1.82, 2.24) is 9.38 Å². The third kappa shape index (κ3) is 2.42. The summed E-state index contributed by atoms with van der Waals surface area (Å²) in [7, 11) is 2.08. The van der Waals surface area contributed by atoms with Crippen LogP contribution in [0.3, 0.4) is 0 Å². The summed E-state index contributed by atoms with van der Waals surface area (Å²) in [4.78, 5) is 8.28. The Morgan fingerprint density at radius 3 is 2.95 bits per heavy atom. The van der Waals surface area contributed by atoms with E-state index in [1.165, 1.54) is 10.6 Å². The number of hydrogen-bond acceptors (Lipinski definition) is 4. The van der Waals surface area contributed by atoms with Crippen molar-refractivity contribution >= 4 is 22.8 Å². The maximum absolute atomic E-state index is 5.76. The van der Waals surface area contributed by atoms with Crippen LogP contribution in [0.1, 0.15) is 10.6 Å². The molecule has 0 unspecified atom stereocenters. The van der Waals surface area contributed by atoms with Crippen LogP contribution in [0.2, 0.25) is 0 Å². The van der Waals surface area contributed by atoms with Gasteiger partial charge in [0.25, 0.3) is 0 Å². The van der Waals surface area contributed by atoms with E-state index in [-0.39, 0.29) is 0 Å². The van der Waals surface area contributed by atoms with Gasteiger partial charge in [-0.3, -0.25) is 0 Å². The predicted octanol–water partition coefficient (Wildman–Crippen LogP) is 2.53. The summed E-state index contributed by atoms with van der Waals surface area (Å²) < 4.78 is 2.13. The third-order valence-electron chi connectivity index (χ3n) is 3.32. The smallest absolute Gasteiger partial charge is 0.151 e. The van der Waals surface area contributed by atoms with Gasteiger partial charge >= 0.3 is 0 Å². The van der Waals surface area contributed by atoms with E-state index in [1.54, 1.807) is 11.3 Å². The maximum Gasteiger partial charge on any atom is 0.151 e. The van der Waals surface area contributed by atoms with Gasteiger partial charge in [-0.15, -0.1) is 11.3 Å². The molecule has 104 valence electrons. The van der Waals surface area contributed by atoms with Gasteiger partial charge < -0.3 is 15.0 Å². The first kappa shape index (κ1) is 13.1. The van der Waals surface area contributed by atoms with Gasteiger partial charge in [-0.1, -0.05) is 12.1 Å². The Hall–Kier alpha value is -1.85. The van der Waals surface area contributed by atoms with Gasteiger partial charge in [0.1, 0.15) is 5.65 Å². The molecule has 3 heterocycles. The molecule has 0 spiro atoms. The molecule has 0 aliphatic heterocycles. The molecule has 2 N–H and O–H groups in total. The minimum atomic E-state index is 0.628. The van der Waals surface area contributed by atoms with E-state index in [9.17, 15) is 0 Å². The number of nitrogens with zero attached hydrogens (tertiary/aromatic N) is 3. The summed E-state index contributed by atoms with van der Waals surface area (Å²) in [6.45, 7) is 1.50. The molecule has 0 saturated carbocycles. The molecular weight excluding hydrogens is 268 g/mol. The minimum Gasteiger partial charge on any atom is -0.353 e. The van der Waals surface area contributed by atoms with Crippen LogP contribution >= 0.6 is 11.3 Å². The summed E-state index contributed by atoms with van der Waals surface area (Å²) in [6, 6.07) is 10.3. The Morgan fingerprint density at radius 1 is 1.30 bits per heavy atom. The molecule has 0 bridgehead atoms. The van der Waals surface area contributed by atoms with Crippen LogP contribution in [0.5, 0.6) is 0 Å². The molecule has 3 rings (SSSR count). The summed E-state index contributed by atoms with van der Waals surface area (Å²) in [6.07, 6.45) is 2.88. The number of thiophene rings is 1. The number of pyridine rings is 1. The Morgan fingerprint density at radius 2 is 2.20 bits per heavy atom. The number of imidazole rings is 1. The molecule has 0 fully saturated rings. The van der Waals surface area contributed by atoms with Gasteiger partial charge in [0.2, 0.25) is 0 Å². The van der Waals surface area contributed by atoms with Gasteiger partial charge in [-0.2, -0.15) is 0 Å². The van der Waals surface area contributed by atoms with Gasteiger partial charge in [0.05, 0.1) is 12.2 Å². The highest BCUT2D eigenvalue weighted by Gasteiger charge is 2.15. The Kier molecular flexibility index (Phi) is 3.71. The first-order chi connectivity index (χ1) is 9.79. The molecule has 4 nitrogen and oxygen atoms in total. The number of nitrogens with two attached hydrogens (primary N) is 1. The Bertz CT molecular complexity index is 687. The number of anilines is 1. The number of hydrogen-bond donors (Lipinski definition) is 1. The lowest BCUT2D eigenvalue weighted by molar-refractivity contribution is 0.863. The maximum atomic E-state index is 5.76. The number of rotatable bonds is 5. The van der Waals surface area contributed by atoms with Crippen LogP contribution < -0.4 is 10.6 Å². The molecule has 0 aromatic carbocycles.